The molecule has 2 aromatic rings. The van der Waals surface area contributed by atoms with E-state index in [0.29, 0.717) is 5.69 Å². The Morgan fingerprint density at radius 1 is 0.950 bits per heavy atom. The lowest BCUT2D eigenvalue weighted by atomic mass is 10.2. The van der Waals surface area contributed by atoms with Crippen molar-refractivity contribution in [1.82, 2.24) is 0 Å². The van der Waals surface area contributed by atoms with E-state index in [0.717, 1.165) is 0 Å². The van der Waals surface area contributed by atoms with Gasteiger partial charge in [0.25, 0.3) is 0 Å². The van der Waals surface area contributed by atoms with Gasteiger partial charge in [0.05, 0.1) is 11.3 Å². The summed E-state index contributed by atoms with van der Waals surface area (Å²) in [5.41, 5.74) is 0.584. The molecule has 5 nitrogen and oxygen atoms in total. The molecule has 0 aliphatic heterocycles. The molecule has 3 N–H and O–H groups in total. The van der Waals surface area contributed by atoms with Crippen molar-refractivity contribution in [3.05, 3.63) is 59.9 Å². The topological polar surface area (TPSA) is 78.4 Å². The van der Waals surface area contributed by atoms with Crippen LogP contribution >= 0.6 is 0 Å². The first-order valence-electron chi connectivity index (χ1n) is 5.72. The number of nitrogens with one attached hydrogen (secondary N) is 2. The van der Waals surface area contributed by atoms with Gasteiger partial charge in [-0.15, -0.1) is 0 Å². The zero-order valence-corrected chi connectivity index (χ0v) is 10.3. The lowest BCUT2D eigenvalue weighted by molar-refractivity contribution is 0.0697. The minimum Gasteiger partial charge on any atom is -0.478 e. The summed E-state index contributed by atoms with van der Waals surface area (Å²) in [5.74, 6) is -1.59. The lowest BCUT2D eigenvalue weighted by Gasteiger charge is -2.08. The van der Waals surface area contributed by atoms with Gasteiger partial charge in [0.1, 0.15) is 5.82 Å². The molecule has 102 valence electrons. The van der Waals surface area contributed by atoms with E-state index in [9.17, 15) is 14.0 Å². The molecule has 0 saturated carbocycles. The molecule has 2 amide bonds. The largest absolute Gasteiger partial charge is 0.478 e. The van der Waals surface area contributed by atoms with Gasteiger partial charge in [0.2, 0.25) is 0 Å². The van der Waals surface area contributed by atoms with Crippen molar-refractivity contribution < 1.29 is 19.1 Å². The highest BCUT2D eigenvalue weighted by Crippen LogP contribution is 2.14. The number of carbonyl (C=O) groups is 2. The molecule has 0 unspecified atom stereocenters. The first-order chi connectivity index (χ1) is 9.56. The van der Waals surface area contributed by atoms with Crippen molar-refractivity contribution in [1.29, 1.82) is 0 Å². The number of para-hydroxylation sites is 1. The second kappa shape index (κ2) is 5.83. The standard InChI is InChI=1S/C14H11FN2O3/c15-11-3-1-2-4-12(11)17-14(20)16-10-7-5-9(6-8-10)13(18)19/h1-8H,(H,18,19)(H2,16,17,20). The van der Waals surface area contributed by atoms with Gasteiger partial charge in [0.15, 0.2) is 0 Å². The molecule has 6 heteroatoms. The van der Waals surface area contributed by atoms with Crippen LogP contribution in [0.25, 0.3) is 0 Å². The van der Waals surface area contributed by atoms with Crippen LogP contribution in [-0.4, -0.2) is 17.1 Å². The summed E-state index contributed by atoms with van der Waals surface area (Å²) < 4.78 is 13.3. The van der Waals surface area contributed by atoms with Crippen LogP contribution in [0, 0.1) is 5.82 Å². The Bertz CT molecular complexity index is 641. The van der Waals surface area contributed by atoms with Crippen molar-refractivity contribution in [2.45, 2.75) is 0 Å². The van der Waals surface area contributed by atoms with Gasteiger partial charge in [-0.25, -0.2) is 14.0 Å². The van der Waals surface area contributed by atoms with Gasteiger partial charge in [0, 0.05) is 5.69 Å². The monoisotopic (exact) mass is 274 g/mol. The van der Waals surface area contributed by atoms with E-state index in [1.165, 1.54) is 42.5 Å². The Kier molecular flexibility index (Phi) is 3.95. The molecule has 0 aromatic heterocycles. The molecule has 0 atom stereocenters. The SMILES string of the molecule is O=C(Nc1ccc(C(=O)O)cc1)Nc1ccccc1F. The van der Waals surface area contributed by atoms with Crippen LogP contribution in [0.1, 0.15) is 10.4 Å². The van der Waals surface area contributed by atoms with Crippen molar-refractivity contribution >= 4 is 23.4 Å². The smallest absolute Gasteiger partial charge is 0.335 e. The van der Waals surface area contributed by atoms with Crippen molar-refractivity contribution in [2.75, 3.05) is 10.6 Å². The van der Waals surface area contributed by atoms with Crippen LogP contribution in [0.3, 0.4) is 0 Å². The summed E-state index contributed by atoms with van der Waals surface area (Å²) in [6.07, 6.45) is 0. The number of carboxylic acid groups (broad SMARTS) is 1. The number of urea groups is 1. The Morgan fingerprint density at radius 3 is 2.20 bits per heavy atom. The number of anilines is 2. The fourth-order valence-electron chi connectivity index (χ4n) is 1.54. The fraction of sp³-hybridized carbons (Fsp3) is 0. The van der Waals surface area contributed by atoms with Gasteiger partial charge in [-0.3, -0.25) is 0 Å². The number of hydrogen-bond donors (Lipinski definition) is 3. The van der Waals surface area contributed by atoms with Crippen LogP contribution in [0.15, 0.2) is 48.5 Å². The number of halogens is 1. The summed E-state index contributed by atoms with van der Waals surface area (Å²) in [7, 11) is 0. The maximum atomic E-state index is 13.3. The van der Waals surface area contributed by atoms with Crippen molar-refractivity contribution in [3.63, 3.8) is 0 Å². The molecule has 0 bridgehead atoms. The van der Waals surface area contributed by atoms with Gasteiger partial charge in [-0.1, -0.05) is 12.1 Å². The summed E-state index contributed by atoms with van der Waals surface area (Å²) in [4.78, 5) is 22.3. The first kappa shape index (κ1) is 13.5. The fourth-order valence-corrected chi connectivity index (χ4v) is 1.54. The minimum absolute atomic E-state index is 0.0622. The Balaban J connectivity index is 2.01. The summed E-state index contributed by atoms with van der Waals surface area (Å²) in [6, 6.07) is 10.8. The van der Waals surface area contributed by atoms with Gasteiger partial charge < -0.3 is 15.7 Å². The average molecular weight is 274 g/mol. The van der Waals surface area contributed by atoms with Crippen molar-refractivity contribution in [2.24, 2.45) is 0 Å². The lowest BCUT2D eigenvalue weighted by Crippen LogP contribution is -2.20. The molecule has 20 heavy (non-hydrogen) atoms. The number of carboxylic acids is 1. The third kappa shape index (κ3) is 3.32. The summed E-state index contributed by atoms with van der Waals surface area (Å²) in [5, 5.41) is 13.6. The molecular formula is C14H11FN2O3. The van der Waals surface area contributed by atoms with E-state index in [4.69, 9.17) is 5.11 Å². The van der Waals surface area contributed by atoms with Gasteiger partial charge in [-0.2, -0.15) is 0 Å². The third-order valence-corrected chi connectivity index (χ3v) is 2.51. The van der Waals surface area contributed by atoms with Crippen molar-refractivity contribution in [3.8, 4) is 0 Å². The van der Waals surface area contributed by atoms with E-state index < -0.39 is 17.8 Å². The number of benzene rings is 2. The van der Waals surface area contributed by atoms with Crippen LogP contribution < -0.4 is 10.6 Å². The predicted octanol–water partition coefficient (Wildman–Crippen LogP) is 3.17. The number of aromatic carboxylic acids is 1. The second-order valence-electron chi connectivity index (χ2n) is 3.94. The molecular weight excluding hydrogens is 263 g/mol. The van der Waals surface area contributed by atoms with E-state index in [1.54, 1.807) is 6.07 Å². The zero-order valence-electron chi connectivity index (χ0n) is 10.3. The summed E-state index contributed by atoms with van der Waals surface area (Å²) >= 11 is 0. The van der Waals surface area contributed by atoms with Crippen LogP contribution in [-0.2, 0) is 0 Å². The van der Waals surface area contributed by atoms with E-state index in [1.807, 2.05) is 0 Å². The quantitative estimate of drug-likeness (QED) is 0.804. The minimum atomic E-state index is -1.05. The van der Waals surface area contributed by atoms with Gasteiger partial charge >= 0.3 is 12.0 Å². The van der Waals surface area contributed by atoms with Crippen LogP contribution in [0.2, 0.25) is 0 Å². The number of carbonyl (C=O) groups excluding carboxylic acids is 1. The highest BCUT2D eigenvalue weighted by Gasteiger charge is 2.07. The molecule has 0 radical (unpaired) electrons. The second-order valence-corrected chi connectivity index (χ2v) is 3.94. The third-order valence-electron chi connectivity index (χ3n) is 2.51. The molecule has 0 saturated heterocycles. The average Bonchev–Trinajstić information content (AvgIpc) is 2.42. The number of amides is 2. The van der Waals surface area contributed by atoms with E-state index >= 15 is 0 Å². The molecule has 2 aromatic carbocycles. The van der Waals surface area contributed by atoms with E-state index in [-0.39, 0.29) is 11.3 Å². The number of hydrogen-bond acceptors (Lipinski definition) is 2. The maximum absolute atomic E-state index is 13.3. The zero-order chi connectivity index (χ0) is 14.5. The van der Waals surface area contributed by atoms with E-state index in [2.05, 4.69) is 10.6 Å². The number of rotatable bonds is 3. The Labute approximate surface area is 114 Å². The highest BCUT2D eigenvalue weighted by atomic mass is 19.1. The Morgan fingerprint density at radius 2 is 1.60 bits per heavy atom. The summed E-state index contributed by atoms with van der Waals surface area (Å²) in [6.45, 7) is 0. The first-order valence-corrected chi connectivity index (χ1v) is 5.72. The molecule has 0 aliphatic rings. The van der Waals surface area contributed by atoms with Crippen LogP contribution in [0.4, 0.5) is 20.6 Å². The van der Waals surface area contributed by atoms with Crippen LogP contribution in [0.5, 0.6) is 0 Å². The normalized spacial score (nSPS) is 9.85. The Hall–Kier alpha value is -2.89. The highest BCUT2D eigenvalue weighted by molar-refractivity contribution is 6.00. The molecule has 0 spiro atoms. The molecule has 0 fully saturated rings. The maximum Gasteiger partial charge on any atom is 0.335 e. The molecule has 0 heterocycles. The predicted molar refractivity (Wildman–Crippen MR) is 72.4 cm³/mol. The molecule has 0 aliphatic carbocycles. The molecule has 2 rings (SSSR count). The van der Waals surface area contributed by atoms with Gasteiger partial charge in [-0.05, 0) is 36.4 Å².